The lowest BCUT2D eigenvalue weighted by Gasteiger charge is -2.34. The van der Waals surface area contributed by atoms with Crippen molar-refractivity contribution in [1.82, 2.24) is 14.9 Å². The smallest absolute Gasteiger partial charge is 0.258 e. The van der Waals surface area contributed by atoms with Gasteiger partial charge in [-0.1, -0.05) is 18.6 Å². The molecule has 1 unspecified atom stereocenters. The van der Waals surface area contributed by atoms with Crippen LogP contribution in [-0.4, -0.2) is 39.2 Å². The van der Waals surface area contributed by atoms with Crippen LogP contribution < -0.4 is 5.56 Å². The van der Waals surface area contributed by atoms with E-state index in [9.17, 15) is 9.90 Å². The molecule has 1 aliphatic rings. The fourth-order valence-electron chi connectivity index (χ4n) is 3.09. The van der Waals surface area contributed by atoms with Gasteiger partial charge < -0.3 is 10.1 Å². The highest BCUT2D eigenvalue weighted by Crippen LogP contribution is 2.19. The first kappa shape index (κ1) is 14.2. The Kier molecular flexibility index (Phi) is 4.03. The predicted molar refractivity (Wildman–Crippen MR) is 82.2 cm³/mol. The normalized spacial score (nSPS) is 20.0. The zero-order chi connectivity index (χ0) is 14.8. The largest absolute Gasteiger partial charge is 0.395 e. The van der Waals surface area contributed by atoms with E-state index in [2.05, 4.69) is 14.9 Å². The van der Waals surface area contributed by atoms with E-state index < -0.39 is 0 Å². The minimum absolute atomic E-state index is 0.0868. The van der Waals surface area contributed by atoms with Crippen molar-refractivity contribution in [2.45, 2.75) is 38.8 Å². The highest BCUT2D eigenvalue weighted by atomic mass is 16.3. The van der Waals surface area contributed by atoms with Crippen LogP contribution >= 0.6 is 0 Å². The van der Waals surface area contributed by atoms with Gasteiger partial charge in [-0.3, -0.25) is 9.69 Å². The van der Waals surface area contributed by atoms with E-state index in [1.807, 2.05) is 19.1 Å². The van der Waals surface area contributed by atoms with Crippen LogP contribution in [0.5, 0.6) is 0 Å². The van der Waals surface area contributed by atoms with Crippen LogP contribution in [-0.2, 0) is 6.54 Å². The average Bonchev–Trinajstić information content (AvgIpc) is 2.49. The minimum atomic E-state index is -0.0868. The Hall–Kier alpha value is -1.72. The second kappa shape index (κ2) is 5.95. The summed E-state index contributed by atoms with van der Waals surface area (Å²) in [5, 5.41) is 10.1. The van der Waals surface area contributed by atoms with E-state index in [-0.39, 0.29) is 18.2 Å². The van der Waals surface area contributed by atoms with Gasteiger partial charge in [-0.05, 0) is 37.9 Å². The summed E-state index contributed by atoms with van der Waals surface area (Å²) in [6.45, 7) is 3.66. The molecule has 0 radical (unpaired) electrons. The summed E-state index contributed by atoms with van der Waals surface area (Å²) in [4.78, 5) is 21.9. The first-order chi connectivity index (χ1) is 10.2. The van der Waals surface area contributed by atoms with Crippen molar-refractivity contribution >= 4 is 10.9 Å². The lowest BCUT2D eigenvalue weighted by Crippen LogP contribution is -2.41. The van der Waals surface area contributed by atoms with Crippen molar-refractivity contribution < 1.29 is 5.11 Å². The number of aromatic amines is 1. The van der Waals surface area contributed by atoms with Crippen molar-refractivity contribution in [2.24, 2.45) is 0 Å². The summed E-state index contributed by atoms with van der Waals surface area (Å²) in [6.07, 6.45) is 3.29. The molecule has 0 amide bonds. The highest BCUT2D eigenvalue weighted by molar-refractivity contribution is 5.80. The molecule has 1 aromatic heterocycles. The molecule has 1 fully saturated rings. The highest BCUT2D eigenvalue weighted by Gasteiger charge is 2.22. The molecule has 21 heavy (non-hydrogen) atoms. The SMILES string of the molecule is Cc1cccc2c(=O)[nH]c(CN3CCCCC3CO)nc12. The number of fused-ring (bicyclic) bond motifs is 1. The molecular formula is C16H21N3O2. The van der Waals surface area contributed by atoms with Gasteiger partial charge >= 0.3 is 0 Å². The standard InChI is InChI=1S/C16H21N3O2/c1-11-5-4-7-13-15(11)17-14(18-16(13)21)9-19-8-3-2-6-12(19)10-20/h4-5,7,12,20H,2-3,6,8-10H2,1H3,(H,17,18,21). The summed E-state index contributed by atoms with van der Waals surface area (Å²) in [5.41, 5.74) is 1.70. The number of hydrogen-bond donors (Lipinski definition) is 2. The third-order valence-electron chi connectivity index (χ3n) is 4.30. The molecule has 5 nitrogen and oxygen atoms in total. The lowest BCUT2D eigenvalue weighted by molar-refractivity contribution is 0.0819. The van der Waals surface area contributed by atoms with Crippen LogP contribution in [0, 0.1) is 6.92 Å². The molecule has 3 rings (SSSR count). The van der Waals surface area contributed by atoms with Crippen LogP contribution in [0.15, 0.2) is 23.0 Å². The average molecular weight is 287 g/mol. The molecule has 2 heterocycles. The lowest BCUT2D eigenvalue weighted by atomic mass is 10.0. The first-order valence-electron chi connectivity index (χ1n) is 7.52. The number of likely N-dealkylation sites (tertiary alicyclic amines) is 1. The number of rotatable bonds is 3. The Labute approximate surface area is 123 Å². The van der Waals surface area contributed by atoms with Crippen LogP contribution in [0.3, 0.4) is 0 Å². The van der Waals surface area contributed by atoms with Gasteiger partial charge in [-0.15, -0.1) is 0 Å². The van der Waals surface area contributed by atoms with Crippen molar-refractivity contribution in [3.8, 4) is 0 Å². The van der Waals surface area contributed by atoms with Crippen LogP contribution in [0.1, 0.15) is 30.7 Å². The number of hydrogen-bond acceptors (Lipinski definition) is 4. The summed E-state index contributed by atoms with van der Waals surface area (Å²) in [5.74, 6) is 0.683. The Bertz CT molecular complexity index is 695. The second-order valence-corrected chi connectivity index (χ2v) is 5.79. The first-order valence-corrected chi connectivity index (χ1v) is 7.52. The molecule has 2 aromatic rings. The fraction of sp³-hybridized carbons (Fsp3) is 0.500. The molecular weight excluding hydrogens is 266 g/mol. The number of benzene rings is 1. The number of aromatic nitrogens is 2. The molecule has 1 atom stereocenters. The molecule has 0 bridgehead atoms. The monoisotopic (exact) mass is 287 g/mol. The Morgan fingerprint density at radius 2 is 2.29 bits per heavy atom. The van der Waals surface area contributed by atoms with E-state index in [0.717, 1.165) is 36.9 Å². The number of aliphatic hydroxyl groups is 1. The van der Waals surface area contributed by atoms with Gasteiger partial charge in [0.05, 0.1) is 24.1 Å². The van der Waals surface area contributed by atoms with Gasteiger partial charge in [0, 0.05) is 6.04 Å². The zero-order valence-electron chi connectivity index (χ0n) is 12.3. The second-order valence-electron chi connectivity index (χ2n) is 5.79. The predicted octanol–water partition coefficient (Wildman–Crippen LogP) is 1.58. The maximum absolute atomic E-state index is 12.2. The Morgan fingerprint density at radius 3 is 3.10 bits per heavy atom. The Morgan fingerprint density at radius 1 is 1.43 bits per heavy atom. The number of piperidine rings is 1. The molecule has 112 valence electrons. The third-order valence-corrected chi connectivity index (χ3v) is 4.30. The van der Waals surface area contributed by atoms with Crippen molar-refractivity contribution in [3.63, 3.8) is 0 Å². The molecule has 1 aromatic carbocycles. The quantitative estimate of drug-likeness (QED) is 0.899. The van der Waals surface area contributed by atoms with Crippen LogP contribution in [0.2, 0.25) is 0 Å². The number of nitrogens with zero attached hydrogens (tertiary/aromatic N) is 2. The molecule has 0 saturated carbocycles. The van der Waals surface area contributed by atoms with Crippen LogP contribution in [0.4, 0.5) is 0 Å². The number of para-hydroxylation sites is 1. The van der Waals surface area contributed by atoms with Gasteiger partial charge in [0.25, 0.3) is 5.56 Å². The number of aliphatic hydroxyl groups excluding tert-OH is 1. The molecule has 0 spiro atoms. The third kappa shape index (κ3) is 2.84. The van der Waals surface area contributed by atoms with Gasteiger partial charge in [-0.2, -0.15) is 0 Å². The van der Waals surface area contributed by atoms with E-state index in [0.29, 0.717) is 17.8 Å². The van der Waals surface area contributed by atoms with E-state index >= 15 is 0 Å². The topological polar surface area (TPSA) is 69.2 Å². The number of aryl methyl sites for hydroxylation is 1. The Balaban J connectivity index is 1.94. The number of H-pyrrole nitrogens is 1. The maximum Gasteiger partial charge on any atom is 0.258 e. The molecule has 0 aliphatic carbocycles. The van der Waals surface area contributed by atoms with Crippen molar-refractivity contribution in [3.05, 3.63) is 39.9 Å². The molecule has 1 saturated heterocycles. The zero-order valence-corrected chi connectivity index (χ0v) is 12.3. The minimum Gasteiger partial charge on any atom is -0.395 e. The molecule has 2 N–H and O–H groups in total. The maximum atomic E-state index is 12.2. The van der Waals surface area contributed by atoms with E-state index in [1.54, 1.807) is 6.07 Å². The molecule has 1 aliphatic heterocycles. The summed E-state index contributed by atoms with van der Waals surface area (Å²) >= 11 is 0. The van der Waals surface area contributed by atoms with Gasteiger partial charge in [0.1, 0.15) is 5.82 Å². The molecule has 5 heteroatoms. The van der Waals surface area contributed by atoms with E-state index in [4.69, 9.17) is 0 Å². The van der Waals surface area contributed by atoms with E-state index in [1.165, 1.54) is 0 Å². The van der Waals surface area contributed by atoms with Gasteiger partial charge in [0.2, 0.25) is 0 Å². The van der Waals surface area contributed by atoms with Gasteiger partial charge in [0.15, 0.2) is 0 Å². The summed E-state index contributed by atoms with van der Waals surface area (Å²) < 4.78 is 0. The van der Waals surface area contributed by atoms with Crippen molar-refractivity contribution in [1.29, 1.82) is 0 Å². The van der Waals surface area contributed by atoms with Gasteiger partial charge in [-0.25, -0.2) is 4.98 Å². The van der Waals surface area contributed by atoms with Crippen LogP contribution in [0.25, 0.3) is 10.9 Å². The van der Waals surface area contributed by atoms with Crippen molar-refractivity contribution in [2.75, 3.05) is 13.2 Å². The summed E-state index contributed by atoms with van der Waals surface area (Å²) in [6, 6.07) is 5.82. The summed E-state index contributed by atoms with van der Waals surface area (Å²) in [7, 11) is 0. The number of nitrogens with one attached hydrogen (secondary N) is 1. The fourth-order valence-corrected chi connectivity index (χ4v) is 3.09.